The molecule has 3 heterocycles. The predicted molar refractivity (Wildman–Crippen MR) is 131 cm³/mol. The average Bonchev–Trinajstić information content (AvgIpc) is 3.38. The molecule has 2 aliphatic rings. The largest absolute Gasteiger partial charge is 0.454 e. The first-order valence-electron chi connectivity index (χ1n) is 10.4. The van der Waals surface area contributed by atoms with Crippen LogP contribution in [0.2, 0.25) is 0 Å². The van der Waals surface area contributed by atoms with Crippen molar-refractivity contribution in [2.24, 2.45) is 0 Å². The van der Waals surface area contributed by atoms with Crippen LogP contribution in [0.3, 0.4) is 0 Å². The van der Waals surface area contributed by atoms with Gasteiger partial charge in [0.2, 0.25) is 6.79 Å². The molecule has 0 N–H and O–H groups in total. The van der Waals surface area contributed by atoms with Crippen molar-refractivity contribution in [3.63, 3.8) is 0 Å². The first kappa shape index (κ1) is 21.0. The molecule has 0 spiro atoms. The number of fused-ring (bicyclic) bond motifs is 1. The molecule has 7 heteroatoms. The van der Waals surface area contributed by atoms with Gasteiger partial charge in [0.15, 0.2) is 11.5 Å². The Kier molecular flexibility index (Phi) is 5.85. The van der Waals surface area contributed by atoms with Crippen LogP contribution in [-0.2, 0) is 11.2 Å². The number of rotatable bonds is 5. The molecule has 162 valence electrons. The molecule has 0 bridgehead atoms. The number of aromatic nitrogens is 1. The SMILES string of the molecule is CC(Cc1ccccc1)N1C(=O)C(=Cc2ccc(-c3ccc4c(c3)OCO4)nc2)SC1S. The number of hydrogen-bond acceptors (Lipinski definition) is 6. The Bertz CT molecular complexity index is 1170. The van der Waals surface area contributed by atoms with Gasteiger partial charge in [-0.15, -0.1) is 12.6 Å². The number of ether oxygens (including phenoxy) is 2. The maximum absolute atomic E-state index is 13.1. The number of carbonyl (C=O) groups excluding carboxylic acids is 1. The summed E-state index contributed by atoms with van der Waals surface area (Å²) in [6.07, 6.45) is 4.47. The van der Waals surface area contributed by atoms with Gasteiger partial charge in [0.05, 0.1) is 10.6 Å². The quantitative estimate of drug-likeness (QED) is 0.415. The zero-order valence-corrected chi connectivity index (χ0v) is 19.2. The fourth-order valence-corrected chi connectivity index (χ4v) is 5.61. The van der Waals surface area contributed by atoms with Gasteiger partial charge in [-0.2, -0.15) is 0 Å². The Morgan fingerprint density at radius 1 is 1.16 bits per heavy atom. The topological polar surface area (TPSA) is 51.7 Å². The summed E-state index contributed by atoms with van der Waals surface area (Å²) in [5, 5.41) is 0. The molecule has 2 atom stereocenters. The summed E-state index contributed by atoms with van der Waals surface area (Å²) in [7, 11) is 0. The van der Waals surface area contributed by atoms with Gasteiger partial charge in [0.1, 0.15) is 4.71 Å². The van der Waals surface area contributed by atoms with Crippen LogP contribution in [-0.4, -0.2) is 33.3 Å². The molecule has 32 heavy (non-hydrogen) atoms. The van der Waals surface area contributed by atoms with Crippen molar-refractivity contribution < 1.29 is 14.3 Å². The monoisotopic (exact) mass is 462 g/mol. The maximum Gasteiger partial charge on any atom is 0.262 e. The number of nitrogens with zero attached hydrogens (tertiary/aromatic N) is 2. The van der Waals surface area contributed by atoms with Gasteiger partial charge in [0, 0.05) is 17.8 Å². The van der Waals surface area contributed by atoms with E-state index < -0.39 is 0 Å². The molecule has 3 aromatic rings. The van der Waals surface area contributed by atoms with Crippen LogP contribution in [0.1, 0.15) is 18.1 Å². The molecule has 2 aromatic carbocycles. The van der Waals surface area contributed by atoms with E-state index in [1.807, 2.05) is 59.5 Å². The van der Waals surface area contributed by atoms with Gasteiger partial charge < -0.3 is 14.4 Å². The molecular formula is C25H22N2O3S2. The highest BCUT2D eigenvalue weighted by Gasteiger charge is 2.37. The first-order valence-corrected chi connectivity index (χ1v) is 11.8. The number of benzene rings is 2. The lowest BCUT2D eigenvalue weighted by Gasteiger charge is -2.27. The van der Waals surface area contributed by atoms with Gasteiger partial charge in [-0.1, -0.05) is 48.2 Å². The lowest BCUT2D eigenvalue weighted by Crippen LogP contribution is -2.39. The number of thiol groups is 1. The maximum atomic E-state index is 13.1. The van der Waals surface area contributed by atoms with E-state index in [2.05, 4.69) is 36.7 Å². The Hall–Kier alpha value is -2.90. The van der Waals surface area contributed by atoms with Crippen molar-refractivity contribution in [3.8, 4) is 22.8 Å². The van der Waals surface area contributed by atoms with Gasteiger partial charge in [-0.05, 0) is 54.8 Å². The second-order valence-electron chi connectivity index (χ2n) is 7.75. The van der Waals surface area contributed by atoms with Crippen LogP contribution in [0, 0.1) is 0 Å². The van der Waals surface area contributed by atoms with E-state index in [1.165, 1.54) is 17.3 Å². The second-order valence-corrected chi connectivity index (χ2v) is 9.71. The fraction of sp³-hybridized carbons (Fsp3) is 0.200. The van der Waals surface area contributed by atoms with Gasteiger partial charge in [0.25, 0.3) is 5.91 Å². The first-order chi connectivity index (χ1) is 15.6. The van der Waals surface area contributed by atoms with Crippen LogP contribution in [0.15, 0.2) is 71.8 Å². The summed E-state index contributed by atoms with van der Waals surface area (Å²) >= 11 is 6.14. The third-order valence-corrected chi connectivity index (χ3v) is 7.07. The van der Waals surface area contributed by atoms with E-state index in [4.69, 9.17) is 9.47 Å². The summed E-state index contributed by atoms with van der Waals surface area (Å²) < 4.78 is 10.6. The summed E-state index contributed by atoms with van der Waals surface area (Å²) in [5.74, 6) is 1.49. The van der Waals surface area contributed by atoms with Crippen LogP contribution < -0.4 is 9.47 Å². The molecule has 5 rings (SSSR count). The van der Waals surface area contributed by atoms with Crippen molar-refractivity contribution in [2.75, 3.05) is 6.79 Å². The van der Waals surface area contributed by atoms with Gasteiger partial charge in [-0.3, -0.25) is 9.78 Å². The minimum atomic E-state index is -0.201. The number of hydrogen-bond donors (Lipinski definition) is 1. The summed E-state index contributed by atoms with van der Waals surface area (Å²) in [4.78, 5) is 20.2. The van der Waals surface area contributed by atoms with Gasteiger partial charge in [-0.25, -0.2) is 0 Å². The van der Waals surface area contributed by atoms with Crippen LogP contribution in [0.25, 0.3) is 17.3 Å². The molecule has 1 saturated heterocycles. The van der Waals surface area contributed by atoms with Crippen molar-refractivity contribution >= 4 is 36.4 Å². The van der Waals surface area contributed by atoms with E-state index in [1.54, 1.807) is 6.20 Å². The number of pyridine rings is 1. The fourth-order valence-electron chi connectivity index (χ4n) is 3.88. The standard InChI is InChI=1S/C25H22N2O3S2/c1-16(11-17-5-3-2-4-6-17)27-24(28)23(32-25(27)31)12-18-7-9-20(26-14-18)19-8-10-21-22(13-19)30-15-29-21/h2-10,12-14,16,25,31H,11,15H2,1H3. The Labute approximate surface area is 196 Å². The lowest BCUT2D eigenvalue weighted by atomic mass is 10.1. The highest BCUT2D eigenvalue weighted by Crippen LogP contribution is 2.40. The molecule has 0 radical (unpaired) electrons. The van der Waals surface area contributed by atoms with E-state index in [9.17, 15) is 4.79 Å². The zero-order valence-electron chi connectivity index (χ0n) is 17.5. The predicted octanol–water partition coefficient (Wildman–Crippen LogP) is 5.24. The molecule has 0 aliphatic carbocycles. The van der Waals surface area contributed by atoms with Crippen LogP contribution in [0.4, 0.5) is 0 Å². The molecule has 2 aliphatic heterocycles. The Morgan fingerprint density at radius 2 is 1.97 bits per heavy atom. The lowest BCUT2D eigenvalue weighted by molar-refractivity contribution is -0.126. The molecule has 5 nitrogen and oxygen atoms in total. The van der Waals surface area contributed by atoms with E-state index in [0.717, 1.165) is 34.7 Å². The third kappa shape index (κ3) is 4.23. The molecule has 1 amide bonds. The number of thioether (sulfide) groups is 1. The molecular weight excluding hydrogens is 440 g/mol. The number of amides is 1. The Balaban J connectivity index is 1.31. The number of carbonyl (C=O) groups is 1. The van der Waals surface area contributed by atoms with Crippen LogP contribution in [0.5, 0.6) is 11.5 Å². The smallest absolute Gasteiger partial charge is 0.262 e. The zero-order chi connectivity index (χ0) is 22.1. The molecule has 1 fully saturated rings. The van der Waals surface area contributed by atoms with Crippen molar-refractivity contribution in [1.29, 1.82) is 0 Å². The summed E-state index contributed by atoms with van der Waals surface area (Å²) in [6.45, 7) is 2.32. The van der Waals surface area contributed by atoms with E-state index in [0.29, 0.717) is 4.91 Å². The summed E-state index contributed by atoms with van der Waals surface area (Å²) in [5.41, 5.74) is 3.87. The normalized spacial score (nSPS) is 19.6. The Morgan fingerprint density at radius 3 is 2.75 bits per heavy atom. The average molecular weight is 463 g/mol. The highest BCUT2D eigenvalue weighted by molar-refractivity contribution is 8.14. The van der Waals surface area contributed by atoms with Crippen molar-refractivity contribution in [3.05, 3.63) is 82.9 Å². The minimum absolute atomic E-state index is 0.0123. The van der Waals surface area contributed by atoms with Crippen LogP contribution >= 0.6 is 24.4 Å². The minimum Gasteiger partial charge on any atom is -0.454 e. The third-order valence-electron chi connectivity index (χ3n) is 5.52. The molecule has 1 aromatic heterocycles. The second kappa shape index (κ2) is 8.92. The van der Waals surface area contributed by atoms with Crippen molar-refractivity contribution in [1.82, 2.24) is 9.88 Å². The van der Waals surface area contributed by atoms with Crippen molar-refractivity contribution in [2.45, 2.75) is 24.1 Å². The highest BCUT2D eigenvalue weighted by atomic mass is 32.2. The van der Waals surface area contributed by atoms with E-state index in [-0.39, 0.29) is 23.4 Å². The summed E-state index contributed by atoms with van der Waals surface area (Å²) in [6, 6.07) is 20.0. The van der Waals surface area contributed by atoms with Gasteiger partial charge >= 0.3 is 0 Å². The molecule has 2 unspecified atom stereocenters. The van der Waals surface area contributed by atoms with E-state index >= 15 is 0 Å². The molecule has 0 saturated carbocycles.